The lowest BCUT2D eigenvalue weighted by molar-refractivity contribution is 0.480. The van der Waals surface area contributed by atoms with E-state index >= 15 is 0 Å². The van der Waals surface area contributed by atoms with Crippen molar-refractivity contribution in [3.05, 3.63) is 0 Å². The summed E-state index contributed by atoms with van der Waals surface area (Å²) in [5.41, 5.74) is 0. The van der Waals surface area contributed by atoms with Crippen LogP contribution in [-0.4, -0.2) is 41.6 Å². The van der Waals surface area contributed by atoms with E-state index in [9.17, 15) is 0 Å². The van der Waals surface area contributed by atoms with E-state index in [0.717, 1.165) is 18.9 Å². The SMILES string of the molecule is CCCNc1nc(NC(C)C2CCCC2)nc(N(C)C)n1. The van der Waals surface area contributed by atoms with Gasteiger partial charge in [0.25, 0.3) is 0 Å². The summed E-state index contributed by atoms with van der Waals surface area (Å²) in [6, 6.07) is 0.406. The molecule has 0 spiro atoms. The third-order valence-electron chi connectivity index (χ3n) is 4.02. The van der Waals surface area contributed by atoms with Crippen LogP contribution in [0, 0.1) is 5.92 Å². The molecule has 2 rings (SSSR count). The molecule has 21 heavy (non-hydrogen) atoms. The first-order chi connectivity index (χ1) is 10.1. The number of nitrogens with one attached hydrogen (secondary N) is 2. The molecule has 0 bridgehead atoms. The lowest BCUT2D eigenvalue weighted by Gasteiger charge is -2.21. The maximum atomic E-state index is 4.50. The molecule has 0 saturated heterocycles. The minimum absolute atomic E-state index is 0.406. The fourth-order valence-corrected chi connectivity index (χ4v) is 2.72. The Hall–Kier alpha value is -1.59. The van der Waals surface area contributed by atoms with Gasteiger partial charge in [0.05, 0.1) is 0 Å². The van der Waals surface area contributed by atoms with Crippen LogP contribution >= 0.6 is 0 Å². The third kappa shape index (κ3) is 4.44. The van der Waals surface area contributed by atoms with Gasteiger partial charge in [-0.05, 0) is 32.1 Å². The fraction of sp³-hybridized carbons (Fsp3) is 0.800. The monoisotopic (exact) mass is 292 g/mol. The summed E-state index contributed by atoms with van der Waals surface area (Å²) in [5, 5.41) is 6.71. The molecule has 1 atom stereocenters. The van der Waals surface area contributed by atoms with E-state index in [-0.39, 0.29) is 0 Å². The van der Waals surface area contributed by atoms with Crippen LogP contribution in [0.3, 0.4) is 0 Å². The Bertz CT molecular complexity index is 442. The van der Waals surface area contributed by atoms with Gasteiger partial charge < -0.3 is 15.5 Å². The molecule has 1 unspecified atom stereocenters. The Morgan fingerprint density at radius 2 is 1.81 bits per heavy atom. The first kappa shape index (κ1) is 15.8. The van der Waals surface area contributed by atoms with E-state index in [1.54, 1.807) is 0 Å². The summed E-state index contributed by atoms with van der Waals surface area (Å²) >= 11 is 0. The Morgan fingerprint density at radius 1 is 1.14 bits per heavy atom. The van der Waals surface area contributed by atoms with Crippen molar-refractivity contribution in [1.29, 1.82) is 0 Å². The van der Waals surface area contributed by atoms with Gasteiger partial charge in [0, 0.05) is 26.7 Å². The Kier molecular flexibility index (Phi) is 5.59. The summed E-state index contributed by atoms with van der Waals surface area (Å²) in [6.07, 6.45) is 6.35. The second-order valence-electron chi connectivity index (χ2n) is 6.08. The van der Waals surface area contributed by atoms with Crippen molar-refractivity contribution < 1.29 is 0 Å². The lowest BCUT2D eigenvalue weighted by atomic mass is 10.0. The highest BCUT2D eigenvalue weighted by Crippen LogP contribution is 2.28. The molecule has 0 amide bonds. The minimum atomic E-state index is 0.406. The van der Waals surface area contributed by atoms with Crippen molar-refractivity contribution in [3.63, 3.8) is 0 Å². The molecule has 1 aromatic rings. The van der Waals surface area contributed by atoms with Gasteiger partial charge in [0.2, 0.25) is 17.8 Å². The third-order valence-corrected chi connectivity index (χ3v) is 4.02. The average molecular weight is 292 g/mol. The van der Waals surface area contributed by atoms with Crippen LogP contribution in [0.15, 0.2) is 0 Å². The van der Waals surface area contributed by atoms with Gasteiger partial charge in [-0.3, -0.25) is 0 Å². The van der Waals surface area contributed by atoms with Gasteiger partial charge in [-0.25, -0.2) is 0 Å². The van der Waals surface area contributed by atoms with Gasteiger partial charge in [-0.2, -0.15) is 15.0 Å². The zero-order valence-corrected chi connectivity index (χ0v) is 13.7. The Morgan fingerprint density at radius 3 is 2.43 bits per heavy atom. The first-order valence-electron chi connectivity index (χ1n) is 8.04. The predicted octanol–water partition coefficient (Wildman–Crippen LogP) is 2.75. The Balaban J connectivity index is 2.10. The summed E-state index contributed by atoms with van der Waals surface area (Å²) < 4.78 is 0. The van der Waals surface area contributed by atoms with Crippen LogP contribution in [0.1, 0.15) is 46.0 Å². The van der Waals surface area contributed by atoms with Crippen LogP contribution in [0.5, 0.6) is 0 Å². The van der Waals surface area contributed by atoms with Crippen LogP contribution in [0.25, 0.3) is 0 Å². The largest absolute Gasteiger partial charge is 0.354 e. The first-order valence-corrected chi connectivity index (χ1v) is 8.04. The maximum absolute atomic E-state index is 4.50. The van der Waals surface area contributed by atoms with E-state index in [4.69, 9.17) is 0 Å². The smallest absolute Gasteiger partial charge is 0.231 e. The predicted molar refractivity (Wildman–Crippen MR) is 88.0 cm³/mol. The second kappa shape index (κ2) is 7.43. The molecular weight excluding hydrogens is 264 g/mol. The molecule has 2 N–H and O–H groups in total. The summed E-state index contributed by atoms with van der Waals surface area (Å²) in [4.78, 5) is 15.3. The zero-order chi connectivity index (χ0) is 15.2. The number of aromatic nitrogens is 3. The topological polar surface area (TPSA) is 66.0 Å². The van der Waals surface area contributed by atoms with Gasteiger partial charge in [-0.1, -0.05) is 19.8 Å². The zero-order valence-electron chi connectivity index (χ0n) is 13.7. The Labute approximate surface area is 127 Å². The minimum Gasteiger partial charge on any atom is -0.354 e. The van der Waals surface area contributed by atoms with Crippen molar-refractivity contribution in [2.75, 3.05) is 36.2 Å². The van der Waals surface area contributed by atoms with E-state index < -0.39 is 0 Å². The van der Waals surface area contributed by atoms with Crippen molar-refractivity contribution in [2.24, 2.45) is 5.92 Å². The van der Waals surface area contributed by atoms with Gasteiger partial charge >= 0.3 is 0 Å². The van der Waals surface area contributed by atoms with Crippen LogP contribution in [0.2, 0.25) is 0 Å². The average Bonchev–Trinajstić information content (AvgIpc) is 2.99. The molecule has 0 aliphatic heterocycles. The van der Waals surface area contributed by atoms with Crippen molar-refractivity contribution in [2.45, 2.75) is 52.0 Å². The molecule has 118 valence electrons. The molecule has 6 heteroatoms. The van der Waals surface area contributed by atoms with Gasteiger partial charge in [-0.15, -0.1) is 0 Å². The van der Waals surface area contributed by atoms with Gasteiger partial charge in [0.15, 0.2) is 0 Å². The summed E-state index contributed by atoms with van der Waals surface area (Å²) in [6.45, 7) is 5.23. The molecule has 1 aromatic heterocycles. The molecule has 1 saturated carbocycles. The molecule has 6 nitrogen and oxygen atoms in total. The van der Waals surface area contributed by atoms with E-state index in [0.29, 0.717) is 23.9 Å². The highest BCUT2D eigenvalue weighted by molar-refractivity contribution is 5.43. The molecule has 0 radical (unpaired) electrons. The summed E-state index contributed by atoms with van der Waals surface area (Å²) in [7, 11) is 3.90. The highest BCUT2D eigenvalue weighted by atomic mass is 15.3. The molecule has 1 fully saturated rings. The van der Waals surface area contributed by atoms with Crippen LogP contribution < -0.4 is 15.5 Å². The fourth-order valence-electron chi connectivity index (χ4n) is 2.72. The molecular formula is C15H28N6. The van der Waals surface area contributed by atoms with Crippen molar-refractivity contribution in [1.82, 2.24) is 15.0 Å². The molecule has 1 aliphatic carbocycles. The number of anilines is 3. The number of hydrogen-bond donors (Lipinski definition) is 2. The second-order valence-corrected chi connectivity index (χ2v) is 6.08. The van der Waals surface area contributed by atoms with Crippen LogP contribution in [-0.2, 0) is 0 Å². The molecule has 1 heterocycles. The van der Waals surface area contributed by atoms with E-state index in [1.165, 1.54) is 25.7 Å². The normalized spacial score (nSPS) is 16.8. The molecule has 0 aromatic carbocycles. The quantitative estimate of drug-likeness (QED) is 0.805. The number of nitrogens with zero attached hydrogens (tertiary/aromatic N) is 4. The molecule has 1 aliphatic rings. The lowest BCUT2D eigenvalue weighted by Crippen LogP contribution is -2.26. The summed E-state index contributed by atoms with van der Waals surface area (Å²) in [5.74, 6) is 2.74. The number of rotatable bonds is 7. The van der Waals surface area contributed by atoms with E-state index in [1.807, 2.05) is 19.0 Å². The maximum Gasteiger partial charge on any atom is 0.231 e. The highest BCUT2D eigenvalue weighted by Gasteiger charge is 2.22. The van der Waals surface area contributed by atoms with E-state index in [2.05, 4.69) is 39.4 Å². The van der Waals surface area contributed by atoms with Crippen molar-refractivity contribution in [3.8, 4) is 0 Å². The van der Waals surface area contributed by atoms with Gasteiger partial charge in [0.1, 0.15) is 0 Å². The van der Waals surface area contributed by atoms with Crippen molar-refractivity contribution >= 4 is 17.8 Å². The van der Waals surface area contributed by atoms with Crippen LogP contribution in [0.4, 0.5) is 17.8 Å². The number of hydrogen-bond acceptors (Lipinski definition) is 6. The standard InChI is InChI=1S/C15H28N6/c1-5-10-16-13-18-14(20-15(19-13)21(3)4)17-11(2)12-8-6-7-9-12/h11-12H,5-10H2,1-4H3,(H2,16,17,18,19,20).